The smallest absolute Gasteiger partial charge is 0.234 e. The van der Waals surface area contributed by atoms with Gasteiger partial charge in [-0.2, -0.15) is 4.68 Å². The summed E-state index contributed by atoms with van der Waals surface area (Å²) < 4.78 is 13.0. The Hall–Kier alpha value is -2.59. The van der Waals surface area contributed by atoms with E-state index in [1.54, 1.807) is 37.1 Å². The number of carbonyl (C=O) groups is 1. The largest absolute Gasteiger partial charge is 0.493 e. The Kier molecular flexibility index (Phi) is 6.30. The Labute approximate surface area is 168 Å². The molecule has 0 aliphatic carbocycles. The van der Waals surface area contributed by atoms with Crippen LogP contribution in [0.15, 0.2) is 52.1 Å². The Morgan fingerprint density at radius 1 is 1.15 bits per heavy atom. The van der Waals surface area contributed by atoms with Gasteiger partial charge in [-0.15, -0.1) is 5.10 Å². The Morgan fingerprint density at radius 3 is 2.59 bits per heavy atom. The molecule has 1 amide bonds. The monoisotopic (exact) mass is 449 g/mol. The van der Waals surface area contributed by atoms with Crippen molar-refractivity contribution in [2.45, 2.75) is 5.16 Å². The van der Waals surface area contributed by atoms with E-state index in [1.807, 2.05) is 24.3 Å². The molecule has 0 bridgehead atoms. The number of hydrogen-bond donors (Lipinski definition) is 1. The van der Waals surface area contributed by atoms with E-state index in [1.165, 1.54) is 11.8 Å². The van der Waals surface area contributed by atoms with Crippen LogP contribution in [0.25, 0.3) is 5.69 Å². The molecule has 3 rings (SSSR count). The van der Waals surface area contributed by atoms with Crippen LogP contribution >= 0.6 is 27.7 Å². The average Bonchev–Trinajstić information content (AvgIpc) is 3.15. The number of nitrogens with one attached hydrogen (secondary N) is 1. The molecule has 1 N–H and O–H groups in total. The molecule has 140 valence electrons. The first-order valence-corrected chi connectivity index (χ1v) is 9.57. The molecule has 0 saturated carbocycles. The molecule has 3 aromatic rings. The van der Waals surface area contributed by atoms with Gasteiger partial charge in [0.05, 0.1) is 25.7 Å². The topological polar surface area (TPSA) is 91.2 Å². The molecule has 1 heterocycles. The van der Waals surface area contributed by atoms with Crippen LogP contribution in [0, 0.1) is 0 Å². The molecular weight excluding hydrogens is 434 g/mol. The first-order chi connectivity index (χ1) is 13.1. The standard InChI is InChI=1S/C17H16BrN5O3S/c1-25-14-8-5-12(9-15(14)26-2)19-16(24)10-27-17-20-21-22-23(17)13-6-3-11(18)4-7-13/h3-9H,10H2,1-2H3,(H,19,24). The van der Waals surface area contributed by atoms with Crippen molar-refractivity contribution in [3.63, 3.8) is 0 Å². The van der Waals surface area contributed by atoms with Gasteiger partial charge in [-0.25, -0.2) is 0 Å². The van der Waals surface area contributed by atoms with Crippen molar-refractivity contribution >= 4 is 39.3 Å². The van der Waals surface area contributed by atoms with Crippen molar-refractivity contribution in [2.24, 2.45) is 0 Å². The summed E-state index contributed by atoms with van der Waals surface area (Å²) in [6.07, 6.45) is 0. The van der Waals surface area contributed by atoms with Crippen LogP contribution in [0.2, 0.25) is 0 Å². The van der Waals surface area contributed by atoms with Crippen LogP contribution in [0.3, 0.4) is 0 Å². The van der Waals surface area contributed by atoms with Crippen LogP contribution in [0.1, 0.15) is 0 Å². The van der Waals surface area contributed by atoms with E-state index in [0.29, 0.717) is 22.3 Å². The number of rotatable bonds is 7. The highest BCUT2D eigenvalue weighted by Crippen LogP contribution is 2.30. The van der Waals surface area contributed by atoms with Gasteiger partial charge in [-0.1, -0.05) is 27.7 Å². The quantitative estimate of drug-likeness (QED) is 0.553. The fourth-order valence-corrected chi connectivity index (χ4v) is 3.21. The predicted molar refractivity (Wildman–Crippen MR) is 106 cm³/mol. The van der Waals surface area contributed by atoms with Gasteiger partial charge in [0.25, 0.3) is 0 Å². The number of halogens is 1. The van der Waals surface area contributed by atoms with Crippen molar-refractivity contribution in [3.8, 4) is 17.2 Å². The summed E-state index contributed by atoms with van der Waals surface area (Å²) in [7, 11) is 3.10. The number of aromatic nitrogens is 4. The first kappa shape index (κ1) is 19.2. The highest BCUT2D eigenvalue weighted by molar-refractivity contribution is 9.10. The first-order valence-electron chi connectivity index (χ1n) is 7.79. The molecule has 1 aromatic heterocycles. The minimum absolute atomic E-state index is 0.158. The number of methoxy groups -OCH3 is 2. The second-order valence-electron chi connectivity index (χ2n) is 5.26. The second-order valence-corrected chi connectivity index (χ2v) is 7.11. The molecule has 0 spiro atoms. The normalized spacial score (nSPS) is 10.5. The van der Waals surface area contributed by atoms with Crippen LogP contribution in [-0.2, 0) is 4.79 Å². The van der Waals surface area contributed by atoms with Gasteiger partial charge in [0, 0.05) is 16.2 Å². The number of nitrogens with zero attached hydrogens (tertiary/aromatic N) is 4. The van der Waals surface area contributed by atoms with Crippen molar-refractivity contribution in [3.05, 3.63) is 46.9 Å². The highest BCUT2D eigenvalue weighted by atomic mass is 79.9. The minimum Gasteiger partial charge on any atom is -0.493 e. The van der Waals surface area contributed by atoms with Gasteiger partial charge in [-0.3, -0.25) is 4.79 Å². The van der Waals surface area contributed by atoms with Crippen LogP contribution < -0.4 is 14.8 Å². The summed E-state index contributed by atoms with van der Waals surface area (Å²) in [4.78, 5) is 12.3. The Bertz CT molecular complexity index is 933. The maximum absolute atomic E-state index is 12.3. The average molecular weight is 450 g/mol. The zero-order chi connectivity index (χ0) is 19.2. The van der Waals surface area contributed by atoms with Crippen molar-refractivity contribution in [1.29, 1.82) is 0 Å². The van der Waals surface area contributed by atoms with Crippen molar-refractivity contribution in [2.75, 3.05) is 25.3 Å². The number of benzene rings is 2. The third kappa shape index (κ3) is 4.77. The van der Waals surface area contributed by atoms with Crippen molar-refractivity contribution in [1.82, 2.24) is 20.2 Å². The summed E-state index contributed by atoms with van der Waals surface area (Å²) >= 11 is 4.64. The molecule has 0 saturated heterocycles. The molecule has 0 unspecified atom stereocenters. The number of tetrazole rings is 1. The zero-order valence-electron chi connectivity index (χ0n) is 14.5. The summed E-state index contributed by atoms with van der Waals surface area (Å²) in [5.41, 5.74) is 1.43. The Balaban J connectivity index is 1.63. The molecule has 27 heavy (non-hydrogen) atoms. The predicted octanol–water partition coefficient (Wildman–Crippen LogP) is 3.17. The third-order valence-electron chi connectivity index (χ3n) is 3.51. The van der Waals surface area contributed by atoms with E-state index in [0.717, 1.165) is 10.2 Å². The lowest BCUT2D eigenvalue weighted by molar-refractivity contribution is -0.113. The number of ether oxygens (including phenoxy) is 2. The van der Waals surface area contributed by atoms with E-state index in [2.05, 4.69) is 36.8 Å². The summed E-state index contributed by atoms with van der Waals surface area (Å²) in [6.45, 7) is 0. The van der Waals surface area contributed by atoms with Crippen LogP contribution in [-0.4, -0.2) is 46.1 Å². The summed E-state index contributed by atoms with van der Waals surface area (Å²) in [5, 5.41) is 15.0. The number of carbonyl (C=O) groups excluding carboxylic acids is 1. The lowest BCUT2D eigenvalue weighted by Gasteiger charge is -2.10. The highest BCUT2D eigenvalue weighted by Gasteiger charge is 2.13. The number of anilines is 1. The van der Waals surface area contributed by atoms with E-state index >= 15 is 0 Å². The molecule has 10 heteroatoms. The van der Waals surface area contributed by atoms with Gasteiger partial charge in [0.15, 0.2) is 11.5 Å². The van der Waals surface area contributed by atoms with Gasteiger partial charge >= 0.3 is 0 Å². The fourth-order valence-electron chi connectivity index (χ4n) is 2.25. The molecule has 0 aliphatic rings. The summed E-state index contributed by atoms with van der Waals surface area (Å²) in [6, 6.07) is 12.7. The summed E-state index contributed by atoms with van der Waals surface area (Å²) in [5.74, 6) is 1.11. The molecule has 0 radical (unpaired) electrons. The number of amides is 1. The van der Waals surface area contributed by atoms with Gasteiger partial charge in [0.2, 0.25) is 11.1 Å². The lowest BCUT2D eigenvalue weighted by atomic mass is 10.2. The molecule has 0 fully saturated rings. The Morgan fingerprint density at radius 2 is 1.89 bits per heavy atom. The number of thioether (sulfide) groups is 1. The number of hydrogen-bond acceptors (Lipinski definition) is 7. The van der Waals surface area contributed by atoms with E-state index in [9.17, 15) is 4.79 Å². The second kappa shape index (κ2) is 8.87. The van der Waals surface area contributed by atoms with E-state index in [-0.39, 0.29) is 11.7 Å². The fraction of sp³-hybridized carbons (Fsp3) is 0.176. The molecule has 0 aliphatic heterocycles. The van der Waals surface area contributed by atoms with Crippen LogP contribution in [0.5, 0.6) is 11.5 Å². The molecule has 8 nitrogen and oxygen atoms in total. The molecule has 2 aromatic carbocycles. The third-order valence-corrected chi connectivity index (χ3v) is 4.96. The van der Waals surface area contributed by atoms with Gasteiger partial charge in [0.1, 0.15) is 0 Å². The van der Waals surface area contributed by atoms with Gasteiger partial charge < -0.3 is 14.8 Å². The zero-order valence-corrected chi connectivity index (χ0v) is 17.0. The molecule has 0 atom stereocenters. The SMILES string of the molecule is COc1ccc(NC(=O)CSc2nnnn2-c2ccc(Br)cc2)cc1OC. The van der Waals surface area contributed by atoms with Crippen LogP contribution in [0.4, 0.5) is 5.69 Å². The van der Waals surface area contributed by atoms with Gasteiger partial charge in [-0.05, 0) is 46.8 Å². The maximum Gasteiger partial charge on any atom is 0.234 e. The molecular formula is C17H16BrN5O3S. The maximum atomic E-state index is 12.3. The van der Waals surface area contributed by atoms with E-state index < -0.39 is 0 Å². The minimum atomic E-state index is -0.183. The van der Waals surface area contributed by atoms with Crippen molar-refractivity contribution < 1.29 is 14.3 Å². The van der Waals surface area contributed by atoms with E-state index in [4.69, 9.17) is 9.47 Å². The lowest BCUT2D eigenvalue weighted by Crippen LogP contribution is -2.14.